The van der Waals surface area contributed by atoms with Gasteiger partial charge in [-0.2, -0.15) is 0 Å². The summed E-state index contributed by atoms with van der Waals surface area (Å²) in [4.78, 5) is 27.1. The van der Waals surface area contributed by atoms with Crippen molar-refractivity contribution < 1.29 is 14.6 Å². The molecular weight excluding hydrogens is 590 g/mol. The number of nitro groups is 1. The first-order chi connectivity index (χ1) is 22.9. The molecule has 0 saturated carbocycles. The highest BCUT2D eigenvalue weighted by Crippen LogP contribution is 2.32. The minimum atomic E-state index is -0.434. The van der Waals surface area contributed by atoms with Crippen molar-refractivity contribution in [2.24, 2.45) is 10.3 Å². The van der Waals surface area contributed by atoms with E-state index in [4.69, 9.17) is 9.68 Å². The summed E-state index contributed by atoms with van der Waals surface area (Å²) in [7, 11) is 4.14. The van der Waals surface area contributed by atoms with Gasteiger partial charge in [-0.1, -0.05) is 101 Å². The molecule has 0 spiro atoms. The van der Waals surface area contributed by atoms with Crippen LogP contribution in [0.25, 0.3) is 0 Å². The zero-order valence-corrected chi connectivity index (χ0v) is 26.5. The molecule has 0 radical (unpaired) electrons. The second-order valence-electron chi connectivity index (χ2n) is 11.3. The van der Waals surface area contributed by atoms with Crippen LogP contribution < -0.4 is 9.68 Å². The highest BCUT2D eigenvalue weighted by molar-refractivity contribution is 5.80. The molecule has 0 aliphatic rings. The lowest BCUT2D eigenvalue weighted by Crippen LogP contribution is -2.20. The molecule has 0 amide bonds. The van der Waals surface area contributed by atoms with Crippen LogP contribution in [0.2, 0.25) is 0 Å². The average molecular weight is 628 g/mol. The molecule has 0 N–H and O–H groups in total. The number of nitro benzene ring substituents is 1. The van der Waals surface area contributed by atoms with Crippen LogP contribution in [0.3, 0.4) is 0 Å². The maximum absolute atomic E-state index is 11.0. The van der Waals surface area contributed by atoms with Gasteiger partial charge in [0.25, 0.3) is 5.69 Å². The van der Waals surface area contributed by atoms with Crippen LogP contribution >= 0.6 is 0 Å². The monoisotopic (exact) mass is 627 g/mol. The Bertz CT molecular complexity index is 1780. The van der Waals surface area contributed by atoms with E-state index in [0.29, 0.717) is 30.2 Å². The van der Waals surface area contributed by atoms with E-state index in [1.807, 2.05) is 72.8 Å². The standard InChI is InChI=1S/C38H37N5O4/c1-41(26-32-14-8-4-9-15-32)28-34-22-35(29-42(2)27-33-16-10-5-11-17-33)38(23-37(34)46-39-24-30-12-6-3-7-13-30)47-40-25-31-18-20-36(21-19-31)43(44)45/h3-25H,26-29H2,1-2H3/b39-24+,40-25+. The number of oxime groups is 2. The molecule has 0 fully saturated rings. The predicted molar refractivity (Wildman–Crippen MR) is 186 cm³/mol. The normalized spacial score (nSPS) is 11.5. The van der Waals surface area contributed by atoms with Crippen LogP contribution in [0.5, 0.6) is 11.5 Å². The van der Waals surface area contributed by atoms with Crippen molar-refractivity contribution in [2.75, 3.05) is 14.1 Å². The smallest absolute Gasteiger partial charge is 0.269 e. The van der Waals surface area contributed by atoms with Crippen molar-refractivity contribution >= 4 is 18.1 Å². The van der Waals surface area contributed by atoms with Gasteiger partial charge in [-0.25, -0.2) is 0 Å². The van der Waals surface area contributed by atoms with Gasteiger partial charge in [0.1, 0.15) is 0 Å². The summed E-state index contributed by atoms with van der Waals surface area (Å²) in [5, 5.41) is 19.6. The Morgan fingerprint density at radius 1 is 0.596 bits per heavy atom. The van der Waals surface area contributed by atoms with Crippen LogP contribution in [-0.4, -0.2) is 41.2 Å². The van der Waals surface area contributed by atoms with Gasteiger partial charge in [-0.15, -0.1) is 0 Å². The fourth-order valence-corrected chi connectivity index (χ4v) is 5.07. The summed E-state index contributed by atoms with van der Waals surface area (Å²) in [6, 6.07) is 40.4. The van der Waals surface area contributed by atoms with Crippen molar-refractivity contribution in [3.05, 3.63) is 171 Å². The summed E-state index contributed by atoms with van der Waals surface area (Å²) in [5.41, 5.74) is 5.88. The topological polar surface area (TPSA) is 92.8 Å². The van der Waals surface area contributed by atoms with Crippen LogP contribution in [0.1, 0.15) is 33.4 Å². The van der Waals surface area contributed by atoms with E-state index < -0.39 is 4.92 Å². The van der Waals surface area contributed by atoms with E-state index in [1.165, 1.54) is 29.5 Å². The van der Waals surface area contributed by atoms with E-state index in [0.717, 1.165) is 29.8 Å². The number of non-ortho nitro benzene ring substituents is 1. The Morgan fingerprint density at radius 2 is 1.02 bits per heavy atom. The van der Waals surface area contributed by atoms with E-state index in [-0.39, 0.29) is 5.69 Å². The number of nitrogens with zero attached hydrogens (tertiary/aromatic N) is 5. The Balaban J connectivity index is 1.45. The van der Waals surface area contributed by atoms with Gasteiger partial charge in [0.15, 0.2) is 11.5 Å². The average Bonchev–Trinajstić information content (AvgIpc) is 3.08. The molecule has 9 nitrogen and oxygen atoms in total. The van der Waals surface area contributed by atoms with E-state index in [2.05, 4.69) is 64.5 Å². The Morgan fingerprint density at radius 3 is 1.47 bits per heavy atom. The lowest BCUT2D eigenvalue weighted by atomic mass is 10.1. The highest BCUT2D eigenvalue weighted by Gasteiger charge is 2.17. The van der Waals surface area contributed by atoms with Gasteiger partial charge >= 0.3 is 0 Å². The van der Waals surface area contributed by atoms with Gasteiger partial charge in [0.05, 0.1) is 17.4 Å². The third kappa shape index (κ3) is 10.2. The zero-order valence-electron chi connectivity index (χ0n) is 26.5. The Kier molecular flexibility index (Phi) is 11.6. The highest BCUT2D eigenvalue weighted by atomic mass is 16.6. The van der Waals surface area contributed by atoms with Gasteiger partial charge in [-0.3, -0.25) is 19.9 Å². The zero-order chi connectivity index (χ0) is 32.8. The van der Waals surface area contributed by atoms with Gasteiger partial charge < -0.3 is 9.68 Å². The van der Waals surface area contributed by atoms with Gasteiger partial charge in [-0.05, 0) is 54.5 Å². The van der Waals surface area contributed by atoms with E-state index in [1.54, 1.807) is 18.3 Å². The quantitative estimate of drug-likeness (QED) is 0.0672. The largest absolute Gasteiger partial charge is 0.357 e. The molecule has 0 aliphatic carbocycles. The molecule has 5 aromatic rings. The molecule has 0 unspecified atom stereocenters. The summed E-state index contributed by atoms with van der Waals surface area (Å²) in [5.74, 6) is 1.06. The third-order valence-corrected chi connectivity index (χ3v) is 7.32. The van der Waals surface area contributed by atoms with E-state index >= 15 is 0 Å². The predicted octanol–water partition coefficient (Wildman–Crippen LogP) is 7.68. The summed E-state index contributed by atoms with van der Waals surface area (Å²) in [6.45, 7) is 2.69. The van der Waals surface area contributed by atoms with Crippen molar-refractivity contribution in [3.63, 3.8) is 0 Å². The lowest BCUT2D eigenvalue weighted by molar-refractivity contribution is -0.384. The van der Waals surface area contributed by atoms with Crippen LogP contribution in [0.4, 0.5) is 5.69 Å². The fourth-order valence-electron chi connectivity index (χ4n) is 5.07. The molecular formula is C38H37N5O4. The number of rotatable bonds is 15. The molecule has 9 heteroatoms. The molecule has 0 aliphatic heterocycles. The molecule has 0 saturated heterocycles. The first kappa shape index (κ1) is 32.7. The maximum atomic E-state index is 11.0. The number of benzene rings is 5. The number of hydrogen-bond acceptors (Lipinski definition) is 8. The summed E-state index contributed by atoms with van der Waals surface area (Å²) >= 11 is 0. The molecule has 0 bridgehead atoms. The van der Waals surface area contributed by atoms with Gasteiger partial charge in [0, 0.05) is 55.5 Å². The molecule has 5 rings (SSSR count). The van der Waals surface area contributed by atoms with Crippen molar-refractivity contribution in [1.29, 1.82) is 0 Å². The van der Waals surface area contributed by atoms with Crippen molar-refractivity contribution in [3.8, 4) is 11.5 Å². The molecule has 238 valence electrons. The molecule has 0 atom stereocenters. The maximum Gasteiger partial charge on any atom is 0.269 e. The summed E-state index contributed by atoms with van der Waals surface area (Å²) < 4.78 is 0. The lowest BCUT2D eigenvalue weighted by Gasteiger charge is -2.22. The minimum absolute atomic E-state index is 0.0116. The number of hydrogen-bond donors (Lipinski definition) is 0. The fraction of sp³-hybridized carbons (Fsp3) is 0.158. The van der Waals surface area contributed by atoms with E-state index in [9.17, 15) is 10.1 Å². The molecule has 5 aromatic carbocycles. The second kappa shape index (κ2) is 16.6. The first-order valence-corrected chi connectivity index (χ1v) is 15.2. The Labute approximate surface area is 275 Å². The van der Waals surface area contributed by atoms with Gasteiger partial charge in [0.2, 0.25) is 0 Å². The summed E-state index contributed by atoms with van der Waals surface area (Å²) in [6.07, 6.45) is 3.20. The van der Waals surface area contributed by atoms with Crippen LogP contribution in [0.15, 0.2) is 138 Å². The molecule has 0 heterocycles. The second-order valence-corrected chi connectivity index (χ2v) is 11.3. The van der Waals surface area contributed by atoms with Crippen LogP contribution in [-0.2, 0) is 26.2 Å². The Hall–Kier alpha value is -5.64. The molecule has 0 aromatic heterocycles. The minimum Gasteiger partial charge on any atom is -0.357 e. The first-order valence-electron chi connectivity index (χ1n) is 15.2. The van der Waals surface area contributed by atoms with Crippen molar-refractivity contribution in [1.82, 2.24) is 9.80 Å². The molecule has 47 heavy (non-hydrogen) atoms. The van der Waals surface area contributed by atoms with Crippen molar-refractivity contribution in [2.45, 2.75) is 26.2 Å². The SMILES string of the molecule is CN(Cc1ccccc1)Cc1cc(CN(C)Cc2ccccc2)c(O/N=C/c2ccc([N+](=O)[O-])cc2)cc1O/N=C/c1ccccc1. The van der Waals surface area contributed by atoms with Crippen LogP contribution in [0, 0.1) is 10.1 Å². The third-order valence-electron chi connectivity index (χ3n) is 7.32.